The Hall–Kier alpha value is -0.0900. The molecule has 0 aromatic carbocycles. The monoisotopic (exact) mass is 219 g/mol. The zero-order valence-electron chi connectivity index (χ0n) is 9.45. The molecular formula is C10H21NO2S. The summed E-state index contributed by atoms with van der Waals surface area (Å²) in [5.41, 5.74) is 0. The third-order valence-corrected chi connectivity index (χ3v) is 6.26. The van der Waals surface area contributed by atoms with Crippen LogP contribution in [0.2, 0.25) is 0 Å². The summed E-state index contributed by atoms with van der Waals surface area (Å²) in [6.07, 6.45) is 1.79. The number of rotatable bonds is 3. The van der Waals surface area contributed by atoms with Gasteiger partial charge in [0.1, 0.15) is 0 Å². The molecule has 1 saturated carbocycles. The number of sulfone groups is 1. The van der Waals surface area contributed by atoms with E-state index in [4.69, 9.17) is 0 Å². The maximum atomic E-state index is 12.0. The van der Waals surface area contributed by atoms with Crippen LogP contribution in [0.3, 0.4) is 0 Å². The lowest BCUT2D eigenvalue weighted by molar-refractivity contribution is 0.452. The van der Waals surface area contributed by atoms with Gasteiger partial charge in [-0.3, -0.25) is 0 Å². The van der Waals surface area contributed by atoms with Gasteiger partial charge >= 0.3 is 0 Å². The Morgan fingerprint density at radius 3 is 2.21 bits per heavy atom. The number of nitrogens with one attached hydrogen (secondary N) is 1. The van der Waals surface area contributed by atoms with Crippen LogP contribution in [-0.2, 0) is 9.84 Å². The first-order valence-corrected chi connectivity index (χ1v) is 6.92. The molecule has 0 aromatic heterocycles. The van der Waals surface area contributed by atoms with Crippen LogP contribution in [-0.4, -0.2) is 32.0 Å². The van der Waals surface area contributed by atoms with Crippen molar-refractivity contribution in [1.82, 2.24) is 5.32 Å². The standard InChI is InChI=1S/C10H21NO2S/c1-7(2)14(12,13)10-6-5-9(11-4)8(10)3/h7-11H,5-6H2,1-4H3. The molecule has 14 heavy (non-hydrogen) atoms. The Balaban J connectivity index is 2.82. The third-order valence-electron chi connectivity index (χ3n) is 3.43. The van der Waals surface area contributed by atoms with Crippen molar-refractivity contribution < 1.29 is 8.42 Å². The predicted molar refractivity (Wildman–Crippen MR) is 59.1 cm³/mol. The van der Waals surface area contributed by atoms with Crippen LogP contribution >= 0.6 is 0 Å². The van der Waals surface area contributed by atoms with Gasteiger partial charge in [0.2, 0.25) is 0 Å². The zero-order chi connectivity index (χ0) is 10.9. The maximum Gasteiger partial charge on any atom is 0.155 e. The molecule has 0 aromatic rings. The van der Waals surface area contributed by atoms with E-state index in [-0.39, 0.29) is 16.4 Å². The highest BCUT2D eigenvalue weighted by atomic mass is 32.2. The fourth-order valence-electron chi connectivity index (χ4n) is 2.35. The number of hydrogen-bond donors (Lipinski definition) is 1. The van der Waals surface area contributed by atoms with Gasteiger partial charge in [-0.05, 0) is 39.7 Å². The van der Waals surface area contributed by atoms with Gasteiger partial charge in [-0.15, -0.1) is 0 Å². The van der Waals surface area contributed by atoms with E-state index in [9.17, 15) is 8.42 Å². The quantitative estimate of drug-likeness (QED) is 0.775. The van der Waals surface area contributed by atoms with Crippen molar-refractivity contribution in [3.8, 4) is 0 Å². The van der Waals surface area contributed by atoms with Gasteiger partial charge in [0.05, 0.1) is 10.5 Å². The van der Waals surface area contributed by atoms with E-state index >= 15 is 0 Å². The van der Waals surface area contributed by atoms with Crippen molar-refractivity contribution >= 4 is 9.84 Å². The molecule has 0 heterocycles. The topological polar surface area (TPSA) is 46.2 Å². The largest absolute Gasteiger partial charge is 0.317 e. The minimum absolute atomic E-state index is 0.139. The Morgan fingerprint density at radius 1 is 1.29 bits per heavy atom. The van der Waals surface area contributed by atoms with E-state index in [1.807, 2.05) is 14.0 Å². The maximum absolute atomic E-state index is 12.0. The van der Waals surface area contributed by atoms with Crippen LogP contribution < -0.4 is 5.32 Å². The molecule has 0 saturated heterocycles. The first kappa shape index (κ1) is 12.0. The highest BCUT2D eigenvalue weighted by Crippen LogP contribution is 2.32. The fourth-order valence-corrected chi connectivity index (χ4v) is 4.30. The fraction of sp³-hybridized carbons (Fsp3) is 1.00. The van der Waals surface area contributed by atoms with Crippen LogP contribution in [0.5, 0.6) is 0 Å². The molecule has 0 amide bonds. The molecule has 1 fully saturated rings. The Bertz CT molecular complexity index is 284. The first-order chi connectivity index (χ1) is 6.41. The Labute approximate surface area is 87.2 Å². The van der Waals surface area contributed by atoms with Gasteiger partial charge in [0.15, 0.2) is 9.84 Å². The van der Waals surface area contributed by atoms with E-state index < -0.39 is 9.84 Å². The summed E-state index contributed by atoms with van der Waals surface area (Å²) in [6, 6.07) is 0.369. The van der Waals surface area contributed by atoms with Crippen molar-refractivity contribution in [2.75, 3.05) is 7.05 Å². The van der Waals surface area contributed by atoms with Crippen molar-refractivity contribution in [3.05, 3.63) is 0 Å². The molecule has 1 rings (SSSR count). The lowest BCUT2D eigenvalue weighted by Gasteiger charge is -2.22. The second-order valence-electron chi connectivity index (χ2n) is 4.51. The molecule has 0 radical (unpaired) electrons. The van der Waals surface area contributed by atoms with Gasteiger partial charge < -0.3 is 5.32 Å². The smallest absolute Gasteiger partial charge is 0.155 e. The summed E-state index contributed by atoms with van der Waals surface area (Å²) in [5, 5.41) is 2.81. The van der Waals surface area contributed by atoms with Crippen LogP contribution in [0.1, 0.15) is 33.6 Å². The van der Waals surface area contributed by atoms with E-state index in [1.165, 1.54) is 0 Å². The minimum atomic E-state index is -2.91. The molecule has 0 bridgehead atoms. The van der Waals surface area contributed by atoms with Gasteiger partial charge in [0.25, 0.3) is 0 Å². The molecule has 3 atom stereocenters. The molecule has 3 nitrogen and oxygen atoms in total. The van der Waals surface area contributed by atoms with Crippen molar-refractivity contribution in [1.29, 1.82) is 0 Å². The lowest BCUT2D eigenvalue weighted by atomic mass is 10.1. The summed E-state index contributed by atoms with van der Waals surface area (Å²) in [4.78, 5) is 0. The normalized spacial score (nSPS) is 33.9. The average Bonchev–Trinajstić information content (AvgIpc) is 2.46. The third kappa shape index (κ3) is 1.96. The van der Waals surface area contributed by atoms with E-state index in [1.54, 1.807) is 13.8 Å². The molecule has 1 aliphatic carbocycles. The molecule has 3 unspecified atom stereocenters. The second kappa shape index (κ2) is 4.19. The van der Waals surface area contributed by atoms with Crippen LogP contribution in [0.4, 0.5) is 0 Å². The predicted octanol–water partition coefficient (Wildman–Crippen LogP) is 1.20. The van der Waals surface area contributed by atoms with Crippen molar-refractivity contribution in [2.24, 2.45) is 5.92 Å². The summed E-state index contributed by atoms with van der Waals surface area (Å²) >= 11 is 0. The van der Waals surface area contributed by atoms with Crippen LogP contribution in [0, 0.1) is 5.92 Å². The zero-order valence-corrected chi connectivity index (χ0v) is 10.3. The van der Waals surface area contributed by atoms with Crippen LogP contribution in [0.25, 0.3) is 0 Å². The molecule has 4 heteroatoms. The molecule has 0 spiro atoms. The molecular weight excluding hydrogens is 198 g/mol. The molecule has 84 valence electrons. The van der Waals surface area contributed by atoms with E-state index in [0.717, 1.165) is 12.8 Å². The SMILES string of the molecule is CNC1CCC(S(=O)(=O)C(C)C)C1C. The first-order valence-electron chi connectivity index (χ1n) is 5.31. The minimum Gasteiger partial charge on any atom is -0.317 e. The van der Waals surface area contributed by atoms with Crippen LogP contribution in [0.15, 0.2) is 0 Å². The summed E-state index contributed by atoms with van der Waals surface area (Å²) in [6.45, 7) is 5.59. The van der Waals surface area contributed by atoms with Gasteiger partial charge in [0, 0.05) is 6.04 Å². The molecule has 0 aliphatic heterocycles. The van der Waals surface area contributed by atoms with Gasteiger partial charge in [-0.25, -0.2) is 8.42 Å². The molecule has 1 aliphatic rings. The van der Waals surface area contributed by atoms with Crippen molar-refractivity contribution in [3.63, 3.8) is 0 Å². The summed E-state index contributed by atoms with van der Waals surface area (Å²) in [5.74, 6) is 0.243. The van der Waals surface area contributed by atoms with Crippen molar-refractivity contribution in [2.45, 2.75) is 50.2 Å². The van der Waals surface area contributed by atoms with E-state index in [0.29, 0.717) is 6.04 Å². The lowest BCUT2D eigenvalue weighted by Crippen LogP contribution is -2.36. The highest BCUT2D eigenvalue weighted by molar-refractivity contribution is 7.92. The average molecular weight is 219 g/mol. The Kier molecular flexibility index (Phi) is 3.58. The molecule has 1 N–H and O–H groups in total. The highest BCUT2D eigenvalue weighted by Gasteiger charge is 2.41. The Morgan fingerprint density at radius 2 is 1.86 bits per heavy atom. The van der Waals surface area contributed by atoms with Gasteiger partial charge in [-0.2, -0.15) is 0 Å². The van der Waals surface area contributed by atoms with Gasteiger partial charge in [-0.1, -0.05) is 6.92 Å². The second-order valence-corrected chi connectivity index (χ2v) is 7.23. The number of hydrogen-bond acceptors (Lipinski definition) is 3. The van der Waals surface area contributed by atoms with E-state index in [2.05, 4.69) is 5.32 Å². The summed E-state index contributed by atoms with van der Waals surface area (Å²) < 4.78 is 24.0. The summed E-state index contributed by atoms with van der Waals surface area (Å²) in [7, 11) is -1.00.